The minimum atomic E-state index is 0.469. The number of aromatic nitrogens is 3. The summed E-state index contributed by atoms with van der Waals surface area (Å²) >= 11 is 0. The number of rotatable bonds is 1. The van der Waals surface area contributed by atoms with Crippen LogP contribution in [0.25, 0.3) is 5.65 Å². The van der Waals surface area contributed by atoms with E-state index in [1.54, 1.807) is 30.0 Å². The third-order valence-electron chi connectivity index (χ3n) is 1.67. The molecule has 0 spiro atoms. The molecule has 2 rings (SSSR count). The Morgan fingerprint density at radius 3 is 3.17 bits per heavy atom. The average molecular weight is 163 g/mol. The molecule has 5 heteroatoms. The van der Waals surface area contributed by atoms with Crippen molar-refractivity contribution in [3.05, 3.63) is 18.5 Å². The quantitative estimate of drug-likeness (QED) is 0.636. The minimum absolute atomic E-state index is 0.469. The first-order chi connectivity index (χ1) is 5.83. The lowest BCUT2D eigenvalue weighted by atomic mass is 10.5. The van der Waals surface area contributed by atoms with Crippen LogP contribution in [0.5, 0.6) is 0 Å². The highest BCUT2D eigenvalue weighted by Gasteiger charge is 2.07. The van der Waals surface area contributed by atoms with Gasteiger partial charge in [-0.2, -0.15) is 0 Å². The molecule has 0 radical (unpaired) electrons. The molecule has 12 heavy (non-hydrogen) atoms. The van der Waals surface area contributed by atoms with Gasteiger partial charge in [-0.15, -0.1) is 5.10 Å². The van der Waals surface area contributed by atoms with Gasteiger partial charge >= 0.3 is 0 Å². The third-order valence-corrected chi connectivity index (χ3v) is 1.67. The Hall–Kier alpha value is -1.78. The Morgan fingerprint density at radius 1 is 1.58 bits per heavy atom. The first kappa shape index (κ1) is 6.90. The van der Waals surface area contributed by atoms with Gasteiger partial charge in [0.2, 0.25) is 0 Å². The first-order valence-corrected chi connectivity index (χ1v) is 3.59. The van der Waals surface area contributed by atoms with E-state index in [0.717, 1.165) is 11.3 Å². The smallest absolute Gasteiger partial charge is 0.180 e. The van der Waals surface area contributed by atoms with Crippen LogP contribution in [0, 0.1) is 0 Å². The van der Waals surface area contributed by atoms with Crippen LogP contribution in [0.15, 0.2) is 18.5 Å². The summed E-state index contributed by atoms with van der Waals surface area (Å²) in [6.07, 6.45) is 3.51. The molecule has 0 amide bonds. The van der Waals surface area contributed by atoms with Crippen molar-refractivity contribution < 1.29 is 0 Å². The van der Waals surface area contributed by atoms with Gasteiger partial charge in [0, 0.05) is 19.4 Å². The third kappa shape index (κ3) is 0.795. The predicted molar refractivity (Wildman–Crippen MR) is 46.9 cm³/mol. The number of hydrogen-bond acceptors (Lipinski definition) is 4. The van der Waals surface area contributed by atoms with Crippen molar-refractivity contribution in [3.63, 3.8) is 0 Å². The van der Waals surface area contributed by atoms with E-state index >= 15 is 0 Å². The molecule has 3 N–H and O–H groups in total. The number of nitrogen functional groups attached to an aromatic ring is 1. The van der Waals surface area contributed by atoms with Crippen LogP contribution in [-0.2, 0) is 0 Å². The molecule has 2 aromatic heterocycles. The molecule has 0 unspecified atom stereocenters. The second-order valence-corrected chi connectivity index (χ2v) is 2.40. The molecule has 2 aromatic rings. The van der Waals surface area contributed by atoms with E-state index in [1.165, 1.54) is 0 Å². The Bertz CT molecular complexity index is 405. The zero-order chi connectivity index (χ0) is 8.55. The Kier molecular flexibility index (Phi) is 1.36. The molecule has 0 aromatic carbocycles. The molecule has 0 aliphatic rings. The van der Waals surface area contributed by atoms with Crippen LogP contribution in [0.3, 0.4) is 0 Å². The molecule has 2 heterocycles. The summed E-state index contributed by atoms with van der Waals surface area (Å²) < 4.78 is 1.64. The number of hydrogen-bond donors (Lipinski definition) is 2. The van der Waals surface area contributed by atoms with Gasteiger partial charge in [0.05, 0.1) is 0 Å². The van der Waals surface area contributed by atoms with Crippen LogP contribution < -0.4 is 11.1 Å². The number of fused-ring (bicyclic) bond motifs is 1. The molecule has 5 nitrogen and oxygen atoms in total. The van der Waals surface area contributed by atoms with Crippen molar-refractivity contribution in [2.75, 3.05) is 18.1 Å². The molecule has 0 bridgehead atoms. The zero-order valence-corrected chi connectivity index (χ0v) is 6.65. The highest BCUT2D eigenvalue weighted by Crippen LogP contribution is 2.20. The van der Waals surface area contributed by atoms with Crippen LogP contribution in [-0.4, -0.2) is 21.6 Å². The monoisotopic (exact) mass is 163 g/mol. The molecular weight excluding hydrogens is 154 g/mol. The molecule has 0 saturated heterocycles. The van der Waals surface area contributed by atoms with Crippen molar-refractivity contribution in [2.45, 2.75) is 0 Å². The van der Waals surface area contributed by atoms with Gasteiger partial charge < -0.3 is 11.1 Å². The van der Waals surface area contributed by atoms with Crippen molar-refractivity contribution in [2.24, 2.45) is 0 Å². The summed E-state index contributed by atoms with van der Waals surface area (Å²) in [5, 5.41) is 7.00. The molecular formula is C7H9N5. The molecule has 62 valence electrons. The van der Waals surface area contributed by atoms with Crippen LogP contribution in [0.4, 0.5) is 11.5 Å². The van der Waals surface area contributed by atoms with Crippen LogP contribution in [0.2, 0.25) is 0 Å². The second-order valence-electron chi connectivity index (χ2n) is 2.40. The van der Waals surface area contributed by atoms with E-state index in [4.69, 9.17) is 5.73 Å². The van der Waals surface area contributed by atoms with Gasteiger partial charge in [0.1, 0.15) is 5.69 Å². The fourth-order valence-electron chi connectivity index (χ4n) is 1.14. The van der Waals surface area contributed by atoms with Gasteiger partial charge in [-0.25, -0.2) is 9.50 Å². The fraction of sp³-hybridized carbons (Fsp3) is 0.143. The molecule has 0 atom stereocenters. The first-order valence-electron chi connectivity index (χ1n) is 3.59. The standard InChI is InChI=1S/C7H9N5/c1-9-5-6(8)11-12-4-2-3-10-7(5)12/h2-4,9H,1H3,(H2,8,11). The maximum atomic E-state index is 5.63. The summed E-state index contributed by atoms with van der Waals surface area (Å²) in [4.78, 5) is 4.13. The van der Waals surface area contributed by atoms with Crippen LogP contribution >= 0.6 is 0 Å². The van der Waals surface area contributed by atoms with E-state index in [2.05, 4.69) is 15.4 Å². The number of nitrogens with one attached hydrogen (secondary N) is 1. The van der Waals surface area contributed by atoms with Gasteiger partial charge in [-0.05, 0) is 6.07 Å². The Balaban J connectivity index is 2.81. The number of nitrogens with two attached hydrogens (primary N) is 1. The summed E-state index contributed by atoms with van der Waals surface area (Å²) in [7, 11) is 1.79. The summed E-state index contributed by atoms with van der Waals surface area (Å²) in [6, 6.07) is 1.80. The van der Waals surface area contributed by atoms with E-state index < -0.39 is 0 Å². The molecule has 0 aliphatic heterocycles. The van der Waals surface area contributed by atoms with Crippen molar-refractivity contribution in [1.29, 1.82) is 0 Å². The largest absolute Gasteiger partial charge is 0.382 e. The van der Waals surface area contributed by atoms with Gasteiger partial charge in [-0.3, -0.25) is 0 Å². The number of anilines is 2. The molecule has 0 fully saturated rings. The second kappa shape index (κ2) is 2.37. The molecule has 0 aliphatic carbocycles. The lowest BCUT2D eigenvalue weighted by Gasteiger charge is -1.94. The lowest BCUT2D eigenvalue weighted by molar-refractivity contribution is 0.945. The van der Waals surface area contributed by atoms with Crippen molar-refractivity contribution >= 4 is 17.2 Å². The maximum absolute atomic E-state index is 5.63. The minimum Gasteiger partial charge on any atom is -0.382 e. The SMILES string of the molecule is CNc1c(N)nn2cccnc12. The normalized spacial score (nSPS) is 10.4. The van der Waals surface area contributed by atoms with E-state index in [-0.39, 0.29) is 0 Å². The fourth-order valence-corrected chi connectivity index (χ4v) is 1.14. The van der Waals surface area contributed by atoms with Gasteiger partial charge in [0.25, 0.3) is 0 Å². The highest BCUT2D eigenvalue weighted by molar-refractivity contribution is 5.78. The van der Waals surface area contributed by atoms with Gasteiger partial charge in [-0.1, -0.05) is 0 Å². The lowest BCUT2D eigenvalue weighted by Crippen LogP contribution is -1.93. The van der Waals surface area contributed by atoms with Crippen molar-refractivity contribution in [1.82, 2.24) is 14.6 Å². The Labute approximate surface area is 69.2 Å². The van der Waals surface area contributed by atoms with E-state index in [9.17, 15) is 0 Å². The number of nitrogens with zero attached hydrogens (tertiary/aromatic N) is 3. The molecule has 0 saturated carbocycles. The average Bonchev–Trinajstić information content (AvgIpc) is 2.40. The predicted octanol–water partition coefficient (Wildman–Crippen LogP) is 0.353. The zero-order valence-electron chi connectivity index (χ0n) is 6.65. The summed E-state index contributed by atoms with van der Waals surface area (Å²) in [6.45, 7) is 0. The summed E-state index contributed by atoms with van der Waals surface area (Å²) in [5.41, 5.74) is 7.15. The van der Waals surface area contributed by atoms with Gasteiger partial charge in [0.15, 0.2) is 11.5 Å². The topological polar surface area (TPSA) is 68.2 Å². The Morgan fingerprint density at radius 2 is 2.42 bits per heavy atom. The van der Waals surface area contributed by atoms with Crippen molar-refractivity contribution in [3.8, 4) is 0 Å². The maximum Gasteiger partial charge on any atom is 0.180 e. The van der Waals surface area contributed by atoms with Crippen LogP contribution in [0.1, 0.15) is 0 Å². The summed E-state index contributed by atoms with van der Waals surface area (Å²) in [5.74, 6) is 0.469. The van der Waals surface area contributed by atoms with E-state index in [1.807, 2.05) is 0 Å². The van der Waals surface area contributed by atoms with E-state index in [0.29, 0.717) is 5.82 Å². The highest BCUT2D eigenvalue weighted by atomic mass is 15.3.